The minimum Gasteiger partial charge on any atom is -0.324 e. The number of hydrogen-bond acceptors (Lipinski definition) is 2. The lowest BCUT2D eigenvalue weighted by Crippen LogP contribution is -2.26. The van der Waals surface area contributed by atoms with E-state index in [1.54, 1.807) is 0 Å². The summed E-state index contributed by atoms with van der Waals surface area (Å²) in [6.45, 7) is 5.98. The Morgan fingerprint density at radius 3 is 2.58 bits per heavy atom. The second-order valence-electron chi connectivity index (χ2n) is 6.46. The van der Waals surface area contributed by atoms with Gasteiger partial charge in [0.2, 0.25) is 0 Å². The zero-order valence-electron chi connectivity index (χ0n) is 12.0. The van der Waals surface area contributed by atoms with Crippen LogP contribution in [0.3, 0.4) is 0 Å². The predicted molar refractivity (Wildman–Crippen MR) is 80.0 cm³/mol. The molecular formula is C17H26N2. The summed E-state index contributed by atoms with van der Waals surface area (Å²) in [6.07, 6.45) is 5.48. The Bertz CT molecular complexity index is 417. The zero-order chi connectivity index (χ0) is 13.2. The molecule has 3 atom stereocenters. The summed E-state index contributed by atoms with van der Waals surface area (Å²) in [5.41, 5.74) is 9.01. The lowest BCUT2D eigenvalue weighted by Gasteiger charge is -2.20. The quantitative estimate of drug-likeness (QED) is 0.899. The largest absolute Gasteiger partial charge is 0.324 e. The van der Waals surface area contributed by atoms with Crippen molar-refractivity contribution in [3.63, 3.8) is 0 Å². The van der Waals surface area contributed by atoms with Crippen molar-refractivity contribution in [2.24, 2.45) is 17.6 Å². The SMILES string of the molecule is Cc1ccccc1C(N)CCN1CC2CCCC2C1. The molecule has 1 heterocycles. The van der Waals surface area contributed by atoms with Crippen molar-refractivity contribution >= 4 is 0 Å². The molecule has 104 valence electrons. The maximum Gasteiger partial charge on any atom is 0.0309 e. The monoisotopic (exact) mass is 258 g/mol. The molecule has 3 rings (SSSR count). The summed E-state index contributed by atoms with van der Waals surface area (Å²) in [5.74, 6) is 1.99. The molecule has 1 aromatic carbocycles. The molecule has 2 aliphatic rings. The molecule has 0 bridgehead atoms. The van der Waals surface area contributed by atoms with E-state index < -0.39 is 0 Å². The average Bonchev–Trinajstić information content (AvgIpc) is 2.97. The van der Waals surface area contributed by atoms with Crippen LogP contribution in [-0.4, -0.2) is 24.5 Å². The molecule has 1 aliphatic carbocycles. The van der Waals surface area contributed by atoms with Crippen molar-refractivity contribution in [2.45, 2.75) is 38.6 Å². The van der Waals surface area contributed by atoms with Gasteiger partial charge in [0.25, 0.3) is 0 Å². The second-order valence-corrected chi connectivity index (χ2v) is 6.46. The van der Waals surface area contributed by atoms with Gasteiger partial charge in [-0.3, -0.25) is 0 Å². The molecule has 1 aromatic rings. The van der Waals surface area contributed by atoms with Crippen molar-refractivity contribution < 1.29 is 0 Å². The number of likely N-dealkylation sites (tertiary alicyclic amines) is 1. The van der Waals surface area contributed by atoms with Crippen LogP contribution in [0.4, 0.5) is 0 Å². The molecular weight excluding hydrogens is 232 g/mol. The van der Waals surface area contributed by atoms with Gasteiger partial charge in [0.05, 0.1) is 0 Å². The molecule has 0 amide bonds. The van der Waals surface area contributed by atoms with E-state index in [2.05, 4.69) is 36.1 Å². The third-order valence-electron chi connectivity index (χ3n) is 5.15. The van der Waals surface area contributed by atoms with Gasteiger partial charge in [-0.2, -0.15) is 0 Å². The molecule has 2 nitrogen and oxygen atoms in total. The smallest absolute Gasteiger partial charge is 0.0309 e. The molecule has 2 heteroatoms. The van der Waals surface area contributed by atoms with E-state index in [9.17, 15) is 0 Å². The van der Waals surface area contributed by atoms with Crippen LogP contribution in [0.25, 0.3) is 0 Å². The highest BCUT2D eigenvalue weighted by Gasteiger charge is 2.35. The van der Waals surface area contributed by atoms with Gasteiger partial charge >= 0.3 is 0 Å². The maximum absolute atomic E-state index is 6.36. The highest BCUT2D eigenvalue weighted by Crippen LogP contribution is 2.37. The average molecular weight is 258 g/mol. The molecule has 0 spiro atoms. The van der Waals surface area contributed by atoms with Crippen LogP contribution in [0.5, 0.6) is 0 Å². The minimum absolute atomic E-state index is 0.196. The molecule has 1 aliphatic heterocycles. The lowest BCUT2D eigenvalue weighted by molar-refractivity contribution is 0.297. The van der Waals surface area contributed by atoms with E-state index in [1.807, 2.05) is 0 Å². The van der Waals surface area contributed by atoms with Crippen LogP contribution in [0.15, 0.2) is 24.3 Å². The third-order valence-corrected chi connectivity index (χ3v) is 5.15. The van der Waals surface area contributed by atoms with E-state index in [4.69, 9.17) is 5.73 Å². The van der Waals surface area contributed by atoms with Gasteiger partial charge in [-0.1, -0.05) is 30.7 Å². The van der Waals surface area contributed by atoms with Gasteiger partial charge in [-0.05, 0) is 55.7 Å². The van der Waals surface area contributed by atoms with Crippen LogP contribution in [0.1, 0.15) is 42.9 Å². The third kappa shape index (κ3) is 2.85. The highest BCUT2D eigenvalue weighted by molar-refractivity contribution is 5.28. The first-order chi connectivity index (χ1) is 9.24. The molecule has 3 unspecified atom stereocenters. The van der Waals surface area contributed by atoms with E-state index in [0.29, 0.717) is 0 Å². The van der Waals surface area contributed by atoms with Crippen molar-refractivity contribution in [2.75, 3.05) is 19.6 Å². The van der Waals surface area contributed by atoms with E-state index in [1.165, 1.54) is 50.0 Å². The number of rotatable bonds is 4. The molecule has 1 saturated heterocycles. The maximum atomic E-state index is 6.36. The molecule has 2 fully saturated rings. The highest BCUT2D eigenvalue weighted by atomic mass is 15.2. The Hall–Kier alpha value is -0.860. The van der Waals surface area contributed by atoms with Gasteiger partial charge < -0.3 is 10.6 Å². The number of nitrogens with two attached hydrogens (primary N) is 1. The number of hydrogen-bond donors (Lipinski definition) is 1. The predicted octanol–water partition coefficient (Wildman–Crippen LogP) is 3.12. The van der Waals surface area contributed by atoms with Gasteiger partial charge in [-0.25, -0.2) is 0 Å². The Balaban J connectivity index is 1.51. The van der Waals surface area contributed by atoms with Crippen molar-refractivity contribution in [3.8, 4) is 0 Å². The van der Waals surface area contributed by atoms with Gasteiger partial charge in [0.1, 0.15) is 0 Å². The summed E-state index contributed by atoms with van der Waals surface area (Å²) >= 11 is 0. The first-order valence-electron chi connectivity index (χ1n) is 7.77. The molecule has 1 saturated carbocycles. The normalized spacial score (nSPS) is 28.5. The summed E-state index contributed by atoms with van der Waals surface area (Å²) in [5, 5.41) is 0. The van der Waals surface area contributed by atoms with Crippen molar-refractivity contribution in [1.82, 2.24) is 4.90 Å². The Morgan fingerprint density at radius 2 is 1.89 bits per heavy atom. The molecule has 2 N–H and O–H groups in total. The van der Waals surface area contributed by atoms with E-state index >= 15 is 0 Å². The first-order valence-corrected chi connectivity index (χ1v) is 7.77. The summed E-state index contributed by atoms with van der Waals surface area (Å²) in [4.78, 5) is 2.65. The van der Waals surface area contributed by atoms with Gasteiger partial charge in [-0.15, -0.1) is 0 Å². The van der Waals surface area contributed by atoms with Crippen LogP contribution in [-0.2, 0) is 0 Å². The number of aryl methyl sites for hydroxylation is 1. The molecule has 0 aromatic heterocycles. The Morgan fingerprint density at radius 1 is 1.21 bits per heavy atom. The van der Waals surface area contributed by atoms with E-state index in [0.717, 1.165) is 18.3 Å². The van der Waals surface area contributed by atoms with E-state index in [-0.39, 0.29) is 6.04 Å². The van der Waals surface area contributed by atoms with Crippen LogP contribution in [0, 0.1) is 18.8 Å². The topological polar surface area (TPSA) is 29.3 Å². The Labute approximate surface area is 117 Å². The summed E-state index contributed by atoms with van der Waals surface area (Å²) < 4.78 is 0. The second kappa shape index (κ2) is 5.64. The molecule has 19 heavy (non-hydrogen) atoms. The first kappa shape index (κ1) is 13.1. The number of fused-ring (bicyclic) bond motifs is 1. The van der Waals surface area contributed by atoms with Crippen LogP contribution < -0.4 is 5.73 Å². The molecule has 0 radical (unpaired) electrons. The zero-order valence-corrected chi connectivity index (χ0v) is 12.0. The Kier molecular flexibility index (Phi) is 3.90. The fourth-order valence-corrected chi connectivity index (χ4v) is 3.99. The fourth-order valence-electron chi connectivity index (χ4n) is 3.99. The minimum atomic E-state index is 0.196. The lowest BCUT2D eigenvalue weighted by atomic mass is 9.99. The fraction of sp³-hybridized carbons (Fsp3) is 0.647. The number of nitrogens with zero attached hydrogens (tertiary/aromatic N) is 1. The van der Waals surface area contributed by atoms with Gasteiger partial charge in [0, 0.05) is 19.1 Å². The summed E-state index contributed by atoms with van der Waals surface area (Å²) in [6, 6.07) is 8.73. The number of benzene rings is 1. The van der Waals surface area contributed by atoms with Crippen LogP contribution >= 0.6 is 0 Å². The van der Waals surface area contributed by atoms with Crippen LogP contribution in [0.2, 0.25) is 0 Å². The van der Waals surface area contributed by atoms with Crippen molar-refractivity contribution in [3.05, 3.63) is 35.4 Å². The van der Waals surface area contributed by atoms with Gasteiger partial charge in [0.15, 0.2) is 0 Å². The van der Waals surface area contributed by atoms with Crippen molar-refractivity contribution in [1.29, 1.82) is 0 Å². The standard InChI is InChI=1S/C17H26N2/c1-13-5-2-3-8-16(13)17(18)9-10-19-11-14-6-4-7-15(14)12-19/h2-3,5,8,14-15,17H,4,6-7,9-12,18H2,1H3. The summed E-state index contributed by atoms with van der Waals surface area (Å²) in [7, 11) is 0.